The van der Waals surface area contributed by atoms with Crippen LogP contribution < -0.4 is 5.32 Å². The molecule has 0 saturated carbocycles. The fourth-order valence-electron chi connectivity index (χ4n) is 2.18. The van der Waals surface area contributed by atoms with Gasteiger partial charge < -0.3 is 10.1 Å². The minimum absolute atomic E-state index is 0.0478. The molecule has 0 radical (unpaired) electrons. The number of hydrogen-bond donors (Lipinski definition) is 1. The molecule has 2 aromatic carbocycles. The van der Waals surface area contributed by atoms with E-state index >= 15 is 0 Å². The van der Waals surface area contributed by atoms with Crippen LogP contribution in [0.25, 0.3) is 0 Å². The Morgan fingerprint density at radius 1 is 1.07 bits per heavy atom. The second-order valence-corrected chi connectivity index (χ2v) is 8.12. The standard InChI is InChI=1S/C19H19N3O5S/c1-22(2)28(25,26)17-9-5-15(6-10-17)19(24)27-13-18(23)21-16-7-3-14(4-8-16)11-12-20/h3-10H,11,13H2,1-2H3,(H,21,23). The van der Waals surface area contributed by atoms with Crippen molar-refractivity contribution in [3.63, 3.8) is 0 Å². The Balaban J connectivity index is 1.91. The lowest BCUT2D eigenvalue weighted by atomic mass is 10.1. The monoisotopic (exact) mass is 401 g/mol. The van der Waals surface area contributed by atoms with Crippen molar-refractivity contribution in [2.24, 2.45) is 0 Å². The van der Waals surface area contributed by atoms with E-state index in [-0.39, 0.29) is 16.9 Å². The first-order valence-electron chi connectivity index (χ1n) is 8.19. The Morgan fingerprint density at radius 2 is 1.68 bits per heavy atom. The SMILES string of the molecule is CN(C)S(=O)(=O)c1ccc(C(=O)OCC(=O)Nc2ccc(CC#N)cc2)cc1. The number of carbonyl (C=O) groups excluding carboxylic acids is 2. The minimum atomic E-state index is -3.59. The van der Waals surface area contributed by atoms with E-state index in [0.29, 0.717) is 5.69 Å². The Kier molecular flexibility index (Phi) is 6.87. The van der Waals surface area contributed by atoms with Crippen LogP contribution in [0, 0.1) is 11.3 Å². The molecule has 0 aliphatic carbocycles. The van der Waals surface area contributed by atoms with Gasteiger partial charge in [0.2, 0.25) is 10.0 Å². The van der Waals surface area contributed by atoms with Crippen LogP contribution in [0.4, 0.5) is 5.69 Å². The zero-order valence-corrected chi connectivity index (χ0v) is 16.2. The van der Waals surface area contributed by atoms with Crippen LogP contribution in [0.15, 0.2) is 53.4 Å². The molecular formula is C19H19N3O5S. The van der Waals surface area contributed by atoms with Crippen molar-refractivity contribution < 1.29 is 22.7 Å². The molecule has 0 heterocycles. The van der Waals surface area contributed by atoms with Crippen LogP contribution in [0.2, 0.25) is 0 Å². The van der Waals surface area contributed by atoms with E-state index < -0.39 is 28.5 Å². The van der Waals surface area contributed by atoms with Gasteiger partial charge in [-0.2, -0.15) is 5.26 Å². The summed E-state index contributed by atoms with van der Waals surface area (Å²) in [5, 5.41) is 11.2. The summed E-state index contributed by atoms with van der Waals surface area (Å²) in [6, 6.07) is 14.0. The van der Waals surface area contributed by atoms with Crippen molar-refractivity contribution in [1.82, 2.24) is 4.31 Å². The topological polar surface area (TPSA) is 117 Å². The lowest BCUT2D eigenvalue weighted by molar-refractivity contribution is -0.119. The average Bonchev–Trinajstić information content (AvgIpc) is 2.68. The molecule has 2 aromatic rings. The highest BCUT2D eigenvalue weighted by Gasteiger charge is 2.18. The summed E-state index contributed by atoms with van der Waals surface area (Å²) in [4.78, 5) is 24.0. The second kappa shape index (κ2) is 9.12. The van der Waals surface area contributed by atoms with E-state index in [9.17, 15) is 18.0 Å². The molecule has 0 unspecified atom stereocenters. The Morgan fingerprint density at radius 3 is 2.21 bits per heavy atom. The van der Waals surface area contributed by atoms with Gasteiger partial charge >= 0.3 is 5.97 Å². The lowest BCUT2D eigenvalue weighted by Crippen LogP contribution is -2.22. The van der Waals surface area contributed by atoms with E-state index in [2.05, 4.69) is 5.32 Å². The molecule has 0 fully saturated rings. The summed E-state index contributed by atoms with van der Waals surface area (Å²) in [7, 11) is -0.767. The third kappa shape index (κ3) is 5.39. The van der Waals surface area contributed by atoms with Crippen LogP contribution in [0.1, 0.15) is 15.9 Å². The first-order chi connectivity index (χ1) is 13.2. The van der Waals surface area contributed by atoms with Crippen LogP contribution in [-0.4, -0.2) is 45.3 Å². The third-order valence-corrected chi connectivity index (χ3v) is 5.55. The number of nitrogens with one attached hydrogen (secondary N) is 1. The smallest absolute Gasteiger partial charge is 0.338 e. The van der Waals surface area contributed by atoms with Gasteiger partial charge in [0.05, 0.1) is 22.9 Å². The summed E-state index contributed by atoms with van der Waals surface area (Å²) >= 11 is 0. The Hall–Kier alpha value is -3.22. The molecule has 0 aliphatic rings. The Bertz CT molecular complexity index is 991. The van der Waals surface area contributed by atoms with Crippen LogP contribution >= 0.6 is 0 Å². The highest BCUT2D eigenvalue weighted by molar-refractivity contribution is 7.89. The van der Waals surface area contributed by atoms with E-state index in [1.54, 1.807) is 24.3 Å². The summed E-state index contributed by atoms with van der Waals surface area (Å²) in [6.45, 7) is -0.490. The number of carbonyl (C=O) groups is 2. The van der Waals surface area contributed by atoms with Gasteiger partial charge in [0.1, 0.15) is 0 Å². The predicted octanol–water partition coefficient (Wildman–Crippen LogP) is 1.80. The van der Waals surface area contributed by atoms with Crippen molar-refractivity contribution in [1.29, 1.82) is 5.26 Å². The zero-order valence-electron chi connectivity index (χ0n) is 15.4. The molecule has 0 atom stereocenters. The van der Waals surface area contributed by atoms with E-state index in [0.717, 1.165) is 9.87 Å². The Labute approximate surface area is 163 Å². The van der Waals surface area contributed by atoms with E-state index in [1.165, 1.54) is 38.4 Å². The number of amides is 1. The summed E-state index contributed by atoms with van der Waals surface area (Å²) in [5.41, 5.74) is 1.47. The molecule has 146 valence electrons. The predicted molar refractivity (Wildman–Crippen MR) is 102 cm³/mol. The molecule has 9 heteroatoms. The van der Waals surface area contributed by atoms with Gasteiger partial charge in [0, 0.05) is 19.8 Å². The number of benzene rings is 2. The number of sulfonamides is 1. The molecule has 0 aliphatic heterocycles. The number of nitriles is 1. The minimum Gasteiger partial charge on any atom is -0.452 e. The van der Waals surface area contributed by atoms with Crippen molar-refractivity contribution >= 4 is 27.6 Å². The van der Waals surface area contributed by atoms with Gasteiger partial charge in [0.15, 0.2) is 6.61 Å². The first-order valence-corrected chi connectivity index (χ1v) is 9.63. The lowest BCUT2D eigenvalue weighted by Gasteiger charge is -2.11. The maximum Gasteiger partial charge on any atom is 0.338 e. The van der Waals surface area contributed by atoms with Crippen LogP contribution in [0.5, 0.6) is 0 Å². The highest BCUT2D eigenvalue weighted by atomic mass is 32.2. The molecule has 0 spiro atoms. The average molecular weight is 401 g/mol. The second-order valence-electron chi connectivity index (χ2n) is 5.97. The maximum absolute atomic E-state index is 12.0. The molecule has 1 N–H and O–H groups in total. The number of anilines is 1. The molecule has 8 nitrogen and oxygen atoms in total. The summed E-state index contributed by atoms with van der Waals surface area (Å²) < 4.78 is 30.0. The fourth-order valence-corrected chi connectivity index (χ4v) is 3.08. The first kappa shape index (κ1) is 21.1. The third-order valence-electron chi connectivity index (χ3n) is 3.72. The van der Waals surface area contributed by atoms with Gasteiger partial charge in [0.25, 0.3) is 5.91 Å². The number of esters is 1. The summed E-state index contributed by atoms with van der Waals surface area (Å²) in [5.74, 6) is -1.26. The van der Waals surface area contributed by atoms with Gasteiger partial charge in [-0.15, -0.1) is 0 Å². The van der Waals surface area contributed by atoms with Crippen molar-refractivity contribution in [3.05, 3.63) is 59.7 Å². The maximum atomic E-state index is 12.0. The molecule has 0 aromatic heterocycles. The van der Waals surface area contributed by atoms with Crippen LogP contribution in [-0.2, 0) is 26.0 Å². The quantitative estimate of drug-likeness (QED) is 0.707. The number of rotatable bonds is 7. The number of nitrogens with zero attached hydrogens (tertiary/aromatic N) is 2. The largest absolute Gasteiger partial charge is 0.452 e. The van der Waals surface area contributed by atoms with Crippen LogP contribution in [0.3, 0.4) is 0 Å². The molecule has 0 saturated heterocycles. The zero-order chi connectivity index (χ0) is 20.7. The fraction of sp³-hybridized carbons (Fsp3) is 0.211. The van der Waals surface area contributed by atoms with E-state index in [1.807, 2.05) is 6.07 Å². The number of hydrogen-bond acceptors (Lipinski definition) is 6. The van der Waals surface area contributed by atoms with Gasteiger partial charge in [-0.25, -0.2) is 17.5 Å². The normalized spacial score (nSPS) is 10.9. The van der Waals surface area contributed by atoms with E-state index in [4.69, 9.17) is 10.00 Å². The summed E-state index contributed by atoms with van der Waals surface area (Å²) in [6.07, 6.45) is 0.278. The molecular weight excluding hydrogens is 382 g/mol. The molecule has 1 amide bonds. The van der Waals surface area contributed by atoms with Gasteiger partial charge in [-0.3, -0.25) is 4.79 Å². The molecule has 0 bridgehead atoms. The number of ether oxygens (including phenoxy) is 1. The highest BCUT2D eigenvalue weighted by Crippen LogP contribution is 2.15. The van der Waals surface area contributed by atoms with Gasteiger partial charge in [-0.1, -0.05) is 12.1 Å². The van der Waals surface area contributed by atoms with Crippen molar-refractivity contribution in [2.75, 3.05) is 26.0 Å². The molecule has 28 heavy (non-hydrogen) atoms. The molecule has 2 rings (SSSR count). The van der Waals surface area contributed by atoms with Crippen molar-refractivity contribution in [3.8, 4) is 6.07 Å². The van der Waals surface area contributed by atoms with Gasteiger partial charge in [-0.05, 0) is 42.0 Å². The van der Waals surface area contributed by atoms with Crippen molar-refractivity contribution in [2.45, 2.75) is 11.3 Å².